The molecule has 0 aromatic heterocycles. The second kappa shape index (κ2) is 9.96. The number of rotatable bonds is 6. The number of benzene rings is 2. The number of nitrogens with zero attached hydrogens (tertiary/aromatic N) is 2. The number of fused-ring (bicyclic) bond motifs is 1. The molecule has 0 aliphatic carbocycles. The molecule has 0 bridgehead atoms. The van der Waals surface area contributed by atoms with Gasteiger partial charge in [-0.25, -0.2) is 0 Å². The molecule has 1 spiro atoms. The maximum atomic E-state index is 13.3. The maximum Gasteiger partial charge on any atom is 0.264 e. The van der Waals surface area contributed by atoms with Gasteiger partial charge in [-0.1, -0.05) is 30.3 Å². The normalized spacial score (nSPS) is 23.2. The van der Waals surface area contributed by atoms with Gasteiger partial charge in [0.05, 0.1) is 16.7 Å². The van der Waals surface area contributed by atoms with E-state index in [1.54, 1.807) is 18.2 Å². The molecule has 0 saturated carbocycles. The number of amides is 4. The van der Waals surface area contributed by atoms with Crippen LogP contribution >= 0.6 is 0 Å². The molecule has 3 fully saturated rings. The number of imide groups is 2. The summed E-state index contributed by atoms with van der Waals surface area (Å²) in [6, 6.07) is 12.6. The zero-order chi connectivity index (χ0) is 26.3. The van der Waals surface area contributed by atoms with Crippen molar-refractivity contribution in [1.82, 2.24) is 15.1 Å². The minimum atomic E-state index is -0.975. The van der Waals surface area contributed by atoms with Gasteiger partial charge < -0.3 is 10.1 Å². The van der Waals surface area contributed by atoms with Gasteiger partial charge in [0.15, 0.2) is 0 Å². The quantitative estimate of drug-likeness (QED) is 0.569. The number of ether oxygens (including phenoxy) is 1. The number of piperidine rings is 2. The lowest BCUT2D eigenvalue weighted by molar-refractivity contribution is -0.136. The van der Waals surface area contributed by atoms with E-state index in [1.165, 1.54) is 18.4 Å². The van der Waals surface area contributed by atoms with E-state index in [-0.39, 0.29) is 35.5 Å². The maximum absolute atomic E-state index is 13.3. The smallest absolute Gasteiger partial charge is 0.264 e. The van der Waals surface area contributed by atoms with Crippen molar-refractivity contribution in [2.45, 2.75) is 63.3 Å². The van der Waals surface area contributed by atoms with Crippen LogP contribution < -0.4 is 10.6 Å². The first kappa shape index (κ1) is 24.8. The van der Waals surface area contributed by atoms with Gasteiger partial charge in [0.2, 0.25) is 11.8 Å². The highest BCUT2D eigenvalue weighted by molar-refractivity contribution is 6.25. The van der Waals surface area contributed by atoms with E-state index in [9.17, 15) is 19.2 Å². The number of carbonyl (C=O) groups is 4. The molecule has 198 valence electrons. The molecule has 2 N–H and O–H groups in total. The zero-order valence-corrected chi connectivity index (χ0v) is 21.3. The minimum absolute atomic E-state index is 0.0951. The Morgan fingerprint density at radius 2 is 1.71 bits per heavy atom. The average Bonchev–Trinajstić information content (AvgIpc) is 3.48. The largest absolute Gasteiger partial charge is 0.380 e. The SMILES string of the molecule is O=C1CCC(N2C(=O)c3cccc(NCc4ccc(CN5CCC6(CCCO6)CC5)cc4)c3C2=O)C(=O)N1. The second-order valence-electron chi connectivity index (χ2n) is 10.8. The fraction of sp³-hybridized carbons (Fsp3) is 0.448. The Kier molecular flexibility index (Phi) is 6.49. The number of hydrogen-bond acceptors (Lipinski definition) is 7. The van der Waals surface area contributed by atoms with Gasteiger partial charge in [-0.2, -0.15) is 0 Å². The molecular formula is C29H32N4O5. The van der Waals surface area contributed by atoms with Crippen molar-refractivity contribution < 1.29 is 23.9 Å². The third kappa shape index (κ3) is 4.61. The topological polar surface area (TPSA) is 108 Å². The predicted molar refractivity (Wildman–Crippen MR) is 139 cm³/mol. The summed E-state index contributed by atoms with van der Waals surface area (Å²) < 4.78 is 6.04. The number of anilines is 1. The van der Waals surface area contributed by atoms with Crippen LogP contribution in [0.15, 0.2) is 42.5 Å². The molecule has 4 amide bonds. The highest BCUT2D eigenvalue weighted by Crippen LogP contribution is 2.36. The van der Waals surface area contributed by atoms with Crippen LogP contribution in [-0.2, 0) is 27.4 Å². The van der Waals surface area contributed by atoms with Crippen molar-refractivity contribution in [2.24, 2.45) is 0 Å². The van der Waals surface area contributed by atoms with Gasteiger partial charge in [0.1, 0.15) is 6.04 Å². The Hall–Kier alpha value is -3.56. The van der Waals surface area contributed by atoms with Crippen molar-refractivity contribution in [3.8, 4) is 0 Å². The monoisotopic (exact) mass is 516 g/mol. The number of nitrogens with one attached hydrogen (secondary N) is 2. The Morgan fingerprint density at radius 1 is 0.947 bits per heavy atom. The van der Waals surface area contributed by atoms with E-state index in [0.717, 1.165) is 49.5 Å². The van der Waals surface area contributed by atoms with Gasteiger partial charge in [0.25, 0.3) is 11.8 Å². The summed E-state index contributed by atoms with van der Waals surface area (Å²) in [5.41, 5.74) is 3.55. The van der Waals surface area contributed by atoms with Gasteiger partial charge in [-0.15, -0.1) is 0 Å². The molecule has 9 heteroatoms. The third-order valence-corrected chi connectivity index (χ3v) is 8.33. The lowest BCUT2D eigenvalue weighted by atomic mass is 9.88. The molecule has 4 aliphatic rings. The molecule has 4 heterocycles. The highest BCUT2D eigenvalue weighted by Gasteiger charge is 2.45. The molecule has 2 aromatic rings. The summed E-state index contributed by atoms with van der Waals surface area (Å²) in [6.07, 6.45) is 4.83. The zero-order valence-electron chi connectivity index (χ0n) is 21.3. The third-order valence-electron chi connectivity index (χ3n) is 8.33. The van der Waals surface area contributed by atoms with E-state index in [4.69, 9.17) is 4.74 Å². The van der Waals surface area contributed by atoms with Crippen molar-refractivity contribution in [3.63, 3.8) is 0 Å². The summed E-state index contributed by atoms with van der Waals surface area (Å²) in [5.74, 6) is -2.01. The van der Waals surface area contributed by atoms with E-state index in [1.807, 2.05) is 0 Å². The van der Waals surface area contributed by atoms with Gasteiger partial charge in [0, 0.05) is 44.9 Å². The molecule has 4 aliphatic heterocycles. The van der Waals surface area contributed by atoms with Crippen LogP contribution in [-0.4, -0.2) is 64.8 Å². The predicted octanol–water partition coefficient (Wildman–Crippen LogP) is 2.84. The van der Waals surface area contributed by atoms with Crippen LogP contribution in [0.2, 0.25) is 0 Å². The standard InChI is InChI=1S/C29H32N4O5/c34-24-10-9-23(26(35)31-24)33-27(36)21-3-1-4-22(25(21)28(33)37)30-17-19-5-7-20(8-6-19)18-32-14-12-29(13-15-32)11-2-16-38-29/h1,3-8,23,30H,2,9-18H2,(H,31,34,35). The summed E-state index contributed by atoms with van der Waals surface area (Å²) in [4.78, 5) is 53.6. The van der Waals surface area contributed by atoms with Crippen LogP contribution in [0, 0.1) is 0 Å². The Labute approximate surface area is 221 Å². The minimum Gasteiger partial charge on any atom is -0.380 e. The molecule has 9 nitrogen and oxygen atoms in total. The first-order valence-electron chi connectivity index (χ1n) is 13.5. The van der Waals surface area contributed by atoms with Crippen molar-refractivity contribution in [1.29, 1.82) is 0 Å². The van der Waals surface area contributed by atoms with Crippen LogP contribution in [0.25, 0.3) is 0 Å². The van der Waals surface area contributed by atoms with Crippen molar-refractivity contribution in [3.05, 3.63) is 64.7 Å². The molecule has 1 unspecified atom stereocenters. The van der Waals surface area contributed by atoms with Crippen LogP contribution in [0.4, 0.5) is 5.69 Å². The second-order valence-corrected chi connectivity index (χ2v) is 10.8. The average molecular weight is 517 g/mol. The van der Waals surface area contributed by atoms with Crippen LogP contribution in [0.3, 0.4) is 0 Å². The van der Waals surface area contributed by atoms with E-state index >= 15 is 0 Å². The lowest BCUT2D eigenvalue weighted by Gasteiger charge is -2.38. The van der Waals surface area contributed by atoms with Gasteiger partial charge in [-0.05, 0) is 55.4 Å². The van der Waals surface area contributed by atoms with E-state index < -0.39 is 23.8 Å². The first-order chi connectivity index (χ1) is 18.4. The van der Waals surface area contributed by atoms with Crippen LogP contribution in [0.1, 0.15) is 70.4 Å². The molecule has 1 atom stereocenters. The summed E-state index contributed by atoms with van der Waals surface area (Å²) in [6.45, 7) is 4.43. The fourth-order valence-corrected chi connectivity index (χ4v) is 6.15. The van der Waals surface area contributed by atoms with Gasteiger partial charge in [-0.3, -0.25) is 34.3 Å². The molecule has 0 radical (unpaired) electrons. The number of hydrogen-bond donors (Lipinski definition) is 2. The highest BCUT2D eigenvalue weighted by atomic mass is 16.5. The Bertz CT molecular complexity index is 1270. The van der Waals surface area contributed by atoms with Crippen molar-refractivity contribution >= 4 is 29.3 Å². The molecule has 2 aromatic carbocycles. The number of carbonyl (C=O) groups excluding carboxylic acids is 4. The Balaban J connectivity index is 1.08. The van der Waals surface area contributed by atoms with Crippen molar-refractivity contribution in [2.75, 3.05) is 25.0 Å². The summed E-state index contributed by atoms with van der Waals surface area (Å²) in [5, 5.41) is 5.53. The van der Waals surface area contributed by atoms with E-state index in [0.29, 0.717) is 12.2 Å². The fourth-order valence-electron chi connectivity index (χ4n) is 6.15. The molecular weight excluding hydrogens is 484 g/mol. The van der Waals surface area contributed by atoms with Gasteiger partial charge >= 0.3 is 0 Å². The number of likely N-dealkylation sites (tertiary alicyclic amines) is 1. The van der Waals surface area contributed by atoms with E-state index in [2.05, 4.69) is 39.8 Å². The van der Waals surface area contributed by atoms with Crippen LogP contribution in [0.5, 0.6) is 0 Å². The molecule has 38 heavy (non-hydrogen) atoms. The molecule has 6 rings (SSSR count). The molecule has 3 saturated heterocycles. The summed E-state index contributed by atoms with van der Waals surface area (Å²) in [7, 11) is 0. The Morgan fingerprint density at radius 3 is 2.42 bits per heavy atom. The lowest BCUT2D eigenvalue weighted by Crippen LogP contribution is -2.54. The summed E-state index contributed by atoms with van der Waals surface area (Å²) >= 11 is 0. The first-order valence-corrected chi connectivity index (χ1v) is 13.5.